The average molecular weight is 234 g/mol. The van der Waals surface area contributed by atoms with Gasteiger partial charge in [0, 0.05) is 17.8 Å². The number of nitrogens with zero attached hydrogens (tertiary/aromatic N) is 2. The van der Waals surface area contributed by atoms with Crippen LogP contribution in [0.4, 0.5) is 5.82 Å². The van der Waals surface area contributed by atoms with E-state index in [0.717, 1.165) is 36.3 Å². The summed E-state index contributed by atoms with van der Waals surface area (Å²) in [7, 11) is 0. The Kier molecular flexibility index (Phi) is 3.94. The summed E-state index contributed by atoms with van der Waals surface area (Å²) < 4.78 is 0. The zero-order valence-electron chi connectivity index (χ0n) is 11.0. The quantitative estimate of drug-likeness (QED) is 0.837. The number of aryl methyl sites for hydroxylation is 2. The van der Waals surface area contributed by atoms with Crippen molar-refractivity contribution in [1.82, 2.24) is 15.3 Å². The summed E-state index contributed by atoms with van der Waals surface area (Å²) in [5.74, 6) is 2.57. The molecule has 0 aromatic carbocycles. The maximum atomic E-state index is 4.48. The number of piperidine rings is 1. The zero-order valence-corrected chi connectivity index (χ0v) is 11.0. The van der Waals surface area contributed by atoms with Crippen LogP contribution < -0.4 is 10.6 Å². The molecule has 94 valence electrons. The smallest absolute Gasteiger partial charge is 0.132 e. The van der Waals surface area contributed by atoms with Crippen LogP contribution >= 0.6 is 0 Å². The second-order valence-corrected chi connectivity index (χ2v) is 4.92. The lowest BCUT2D eigenvalue weighted by molar-refractivity contribution is 0.392. The largest absolute Gasteiger partial charge is 0.369 e. The number of anilines is 1. The van der Waals surface area contributed by atoms with Gasteiger partial charge in [0.2, 0.25) is 0 Å². The van der Waals surface area contributed by atoms with Crippen molar-refractivity contribution in [3.05, 3.63) is 17.1 Å². The molecule has 0 bridgehead atoms. The predicted octanol–water partition coefficient (Wildman–Crippen LogP) is 1.81. The van der Waals surface area contributed by atoms with Crippen LogP contribution in [0.25, 0.3) is 0 Å². The van der Waals surface area contributed by atoms with Gasteiger partial charge in [-0.15, -0.1) is 0 Å². The number of nitrogens with one attached hydrogen (secondary N) is 2. The molecule has 17 heavy (non-hydrogen) atoms. The highest BCUT2D eigenvalue weighted by Gasteiger charge is 2.13. The van der Waals surface area contributed by atoms with E-state index in [1.54, 1.807) is 0 Å². The Balaban J connectivity index is 1.98. The molecule has 4 heteroatoms. The summed E-state index contributed by atoms with van der Waals surface area (Å²) in [6, 6.07) is 0. The van der Waals surface area contributed by atoms with Crippen LogP contribution in [0.1, 0.15) is 29.9 Å². The summed E-state index contributed by atoms with van der Waals surface area (Å²) >= 11 is 0. The van der Waals surface area contributed by atoms with Gasteiger partial charge in [0.05, 0.1) is 0 Å². The highest BCUT2D eigenvalue weighted by Crippen LogP contribution is 2.16. The van der Waals surface area contributed by atoms with E-state index in [1.165, 1.54) is 24.9 Å². The second-order valence-electron chi connectivity index (χ2n) is 4.92. The molecule has 1 saturated heterocycles. The number of hydrogen-bond donors (Lipinski definition) is 2. The van der Waals surface area contributed by atoms with E-state index in [4.69, 9.17) is 0 Å². The van der Waals surface area contributed by atoms with Gasteiger partial charge in [-0.2, -0.15) is 0 Å². The summed E-state index contributed by atoms with van der Waals surface area (Å²) in [6.45, 7) is 9.35. The van der Waals surface area contributed by atoms with Gasteiger partial charge in [0.15, 0.2) is 0 Å². The van der Waals surface area contributed by atoms with Crippen LogP contribution in [0.5, 0.6) is 0 Å². The van der Waals surface area contributed by atoms with Crippen LogP contribution in [0.15, 0.2) is 0 Å². The normalized spacial score (nSPS) is 20.3. The van der Waals surface area contributed by atoms with Gasteiger partial charge in [0.1, 0.15) is 11.6 Å². The minimum Gasteiger partial charge on any atom is -0.369 e. The van der Waals surface area contributed by atoms with Gasteiger partial charge in [-0.05, 0) is 52.6 Å². The highest BCUT2D eigenvalue weighted by atomic mass is 15.0. The van der Waals surface area contributed by atoms with Crippen molar-refractivity contribution in [1.29, 1.82) is 0 Å². The predicted molar refractivity (Wildman–Crippen MR) is 70.3 cm³/mol. The van der Waals surface area contributed by atoms with Gasteiger partial charge in [-0.1, -0.05) is 0 Å². The maximum absolute atomic E-state index is 4.48. The lowest BCUT2D eigenvalue weighted by Gasteiger charge is -2.23. The van der Waals surface area contributed by atoms with E-state index in [-0.39, 0.29) is 0 Å². The van der Waals surface area contributed by atoms with Crippen molar-refractivity contribution >= 4 is 5.82 Å². The number of hydrogen-bond acceptors (Lipinski definition) is 4. The lowest BCUT2D eigenvalue weighted by atomic mass is 10.00. The molecular formula is C13H22N4. The SMILES string of the molecule is Cc1nc(C)c(C)c(NCC2CCCNC2)n1. The molecule has 2 heterocycles. The Bertz CT molecular complexity index is 383. The van der Waals surface area contributed by atoms with Crippen molar-refractivity contribution in [2.45, 2.75) is 33.6 Å². The van der Waals surface area contributed by atoms with Crippen LogP contribution in [-0.4, -0.2) is 29.6 Å². The molecule has 1 unspecified atom stereocenters. The summed E-state index contributed by atoms with van der Waals surface area (Å²) in [6.07, 6.45) is 2.59. The number of aromatic nitrogens is 2. The summed E-state index contributed by atoms with van der Waals surface area (Å²) in [4.78, 5) is 8.84. The van der Waals surface area contributed by atoms with Crippen molar-refractivity contribution in [3.8, 4) is 0 Å². The van der Waals surface area contributed by atoms with Gasteiger partial charge < -0.3 is 10.6 Å². The molecule has 4 nitrogen and oxygen atoms in total. The zero-order chi connectivity index (χ0) is 12.3. The fourth-order valence-corrected chi connectivity index (χ4v) is 2.28. The van der Waals surface area contributed by atoms with E-state index in [2.05, 4.69) is 27.5 Å². The molecule has 0 radical (unpaired) electrons. The first-order valence-electron chi connectivity index (χ1n) is 6.43. The topological polar surface area (TPSA) is 49.8 Å². The molecule has 1 aromatic heterocycles. The van der Waals surface area contributed by atoms with E-state index in [9.17, 15) is 0 Å². The van der Waals surface area contributed by atoms with E-state index in [1.807, 2.05) is 13.8 Å². The van der Waals surface area contributed by atoms with Gasteiger partial charge in [-0.25, -0.2) is 9.97 Å². The fraction of sp³-hybridized carbons (Fsp3) is 0.692. The molecule has 0 amide bonds. The minimum atomic E-state index is 0.721. The van der Waals surface area contributed by atoms with Gasteiger partial charge >= 0.3 is 0 Å². The summed E-state index contributed by atoms with van der Waals surface area (Å²) in [5, 5.41) is 6.91. The molecule has 1 aromatic rings. The van der Waals surface area contributed by atoms with E-state index < -0.39 is 0 Å². The van der Waals surface area contributed by atoms with Crippen molar-refractivity contribution in [2.75, 3.05) is 25.0 Å². The molecule has 1 fully saturated rings. The van der Waals surface area contributed by atoms with Crippen LogP contribution in [0.3, 0.4) is 0 Å². The molecular weight excluding hydrogens is 212 g/mol. The third kappa shape index (κ3) is 3.16. The lowest BCUT2D eigenvalue weighted by Crippen LogP contribution is -2.33. The Morgan fingerprint density at radius 3 is 2.82 bits per heavy atom. The minimum absolute atomic E-state index is 0.721. The Morgan fingerprint density at radius 2 is 2.12 bits per heavy atom. The van der Waals surface area contributed by atoms with Gasteiger partial charge in [-0.3, -0.25) is 0 Å². The molecule has 2 N–H and O–H groups in total. The maximum Gasteiger partial charge on any atom is 0.132 e. The molecule has 1 aliphatic rings. The van der Waals surface area contributed by atoms with Crippen LogP contribution in [0.2, 0.25) is 0 Å². The fourth-order valence-electron chi connectivity index (χ4n) is 2.28. The van der Waals surface area contributed by atoms with Gasteiger partial charge in [0.25, 0.3) is 0 Å². The third-order valence-corrected chi connectivity index (χ3v) is 3.46. The monoisotopic (exact) mass is 234 g/mol. The second kappa shape index (κ2) is 5.45. The first-order chi connectivity index (χ1) is 8.16. The highest BCUT2D eigenvalue weighted by molar-refractivity contribution is 5.45. The molecule has 0 saturated carbocycles. The Hall–Kier alpha value is -1.16. The molecule has 1 atom stereocenters. The molecule has 0 spiro atoms. The van der Waals surface area contributed by atoms with Crippen molar-refractivity contribution in [3.63, 3.8) is 0 Å². The third-order valence-electron chi connectivity index (χ3n) is 3.46. The molecule has 0 aliphatic carbocycles. The molecule has 2 rings (SSSR count). The van der Waals surface area contributed by atoms with Crippen molar-refractivity contribution in [2.24, 2.45) is 5.92 Å². The molecule has 1 aliphatic heterocycles. The van der Waals surface area contributed by atoms with E-state index in [0.29, 0.717) is 0 Å². The summed E-state index contributed by atoms with van der Waals surface area (Å²) in [5.41, 5.74) is 2.24. The first kappa shape index (κ1) is 12.3. The Labute approximate surface area is 103 Å². The van der Waals surface area contributed by atoms with Crippen molar-refractivity contribution < 1.29 is 0 Å². The first-order valence-corrected chi connectivity index (χ1v) is 6.43. The van der Waals surface area contributed by atoms with Crippen LogP contribution in [-0.2, 0) is 0 Å². The average Bonchev–Trinajstić information content (AvgIpc) is 2.33. The number of rotatable bonds is 3. The standard InChI is InChI=1S/C13H22N4/c1-9-10(2)16-11(3)17-13(9)15-8-12-5-4-6-14-7-12/h12,14H,4-8H2,1-3H3,(H,15,16,17). The Morgan fingerprint density at radius 1 is 1.29 bits per heavy atom. The van der Waals surface area contributed by atoms with E-state index >= 15 is 0 Å². The van der Waals surface area contributed by atoms with Crippen LogP contribution in [0, 0.1) is 26.7 Å².